The third kappa shape index (κ3) is 2.51. The van der Waals surface area contributed by atoms with Gasteiger partial charge in [-0.2, -0.15) is 0 Å². The molecule has 0 saturated carbocycles. The lowest BCUT2D eigenvalue weighted by Crippen LogP contribution is -2.95. The standard InChI is InChI=1S/C19H18N2O4/c1-25-16-7-6-10(8-15(16)22)17-18-12(9-14(21-17)19(23)24)11-4-2-3-5-13(11)20-18/h2-8,14,17,20-22H,9H2,1H3,(H,23,24)/t14-,17+/m1/s1. The van der Waals surface area contributed by atoms with E-state index in [9.17, 15) is 15.0 Å². The Labute approximate surface area is 144 Å². The van der Waals surface area contributed by atoms with Crippen LogP contribution in [-0.4, -0.2) is 29.2 Å². The molecule has 0 amide bonds. The molecule has 0 fully saturated rings. The van der Waals surface area contributed by atoms with Crippen LogP contribution >= 0.6 is 0 Å². The topological polar surface area (TPSA) is 102 Å². The van der Waals surface area contributed by atoms with Crippen molar-refractivity contribution in [3.63, 3.8) is 0 Å². The quantitative estimate of drug-likeness (QED) is 0.635. The molecular weight excluding hydrogens is 320 g/mol. The van der Waals surface area contributed by atoms with E-state index in [2.05, 4.69) is 4.98 Å². The Kier molecular flexibility index (Phi) is 3.62. The number of carbonyl (C=O) groups excluding carboxylic acids is 1. The van der Waals surface area contributed by atoms with E-state index in [0.717, 1.165) is 27.7 Å². The largest absolute Gasteiger partial charge is 0.544 e. The summed E-state index contributed by atoms with van der Waals surface area (Å²) in [5.74, 6) is -0.673. The fraction of sp³-hybridized carbons (Fsp3) is 0.211. The molecule has 0 aliphatic carbocycles. The molecule has 4 N–H and O–H groups in total. The summed E-state index contributed by atoms with van der Waals surface area (Å²) in [6, 6.07) is 12.0. The first-order chi connectivity index (χ1) is 12.1. The third-order valence-electron chi connectivity index (χ3n) is 4.87. The fourth-order valence-electron chi connectivity index (χ4n) is 3.66. The van der Waals surface area contributed by atoms with E-state index in [-0.39, 0.29) is 11.8 Å². The molecule has 2 heterocycles. The van der Waals surface area contributed by atoms with Gasteiger partial charge in [-0.1, -0.05) is 18.2 Å². The Hall–Kier alpha value is -2.99. The van der Waals surface area contributed by atoms with Crippen molar-refractivity contribution in [1.29, 1.82) is 0 Å². The molecule has 0 bridgehead atoms. The number of aliphatic carboxylic acids is 1. The number of quaternary nitrogens is 1. The number of aromatic nitrogens is 1. The highest BCUT2D eigenvalue weighted by atomic mass is 16.5. The van der Waals surface area contributed by atoms with E-state index < -0.39 is 12.0 Å². The van der Waals surface area contributed by atoms with E-state index in [1.54, 1.807) is 17.4 Å². The second kappa shape index (κ2) is 5.82. The zero-order chi connectivity index (χ0) is 17.6. The molecule has 1 aromatic heterocycles. The Morgan fingerprint density at radius 2 is 2.12 bits per heavy atom. The van der Waals surface area contributed by atoms with E-state index in [1.165, 1.54) is 7.11 Å². The average Bonchev–Trinajstić information content (AvgIpc) is 2.99. The van der Waals surface area contributed by atoms with Crippen LogP contribution in [0.15, 0.2) is 42.5 Å². The molecule has 1 aliphatic heterocycles. The second-order valence-electron chi connectivity index (χ2n) is 6.29. The highest BCUT2D eigenvalue weighted by Crippen LogP contribution is 2.35. The van der Waals surface area contributed by atoms with Crippen LogP contribution in [0.4, 0.5) is 0 Å². The zero-order valence-corrected chi connectivity index (χ0v) is 13.7. The van der Waals surface area contributed by atoms with E-state index >= 15 is 0 Å². The number of hydrogen-bond acceptors (Lipinski definition) is 4. The number of phenolic OH excluding ortho intramolecular Hbond substituents is 1. The molecule has 25 heavy (non-hydrogen) atoms. The van der Waals surface area contributed by atoms with Gasteiger partial charge in [0.15, 0.2) is 17.5 Å². The third-order valence-corrected chi connectivity index (χ3v) is 4.87. The maximum atomic E-state index is 11.5. The number of fused-ring (bicyclic) bond motifs is 3. The molecule has 4 rings (SSSR count). The van der Waals surface area contributed by atoms with Crippen molar-refractivity contribution in [2.75, 3.05) is 7.11 Å². The van der Waals surface area contributed by atoms with Gasteiger partial charge in [0.1, 0.15) is 6.04 Å². The van der Waals surface area contributed by atoms with Gasteiger partial charge in [-0.3, -0.25) is 0 Å². The van der Waals surface area contributed by atoms with Crippen LogP contribution in [0.2, 0.25) is 0 Å². The molecule has 1 aliphatic rings. The number of carboxylic acids is 1. The summed E-state index contributed by atoms with van der Waals surface area (Å²) in [4.78, 5) is 15.0. The lowest BCUT2D eigenvalue weighted by atomic mass is 9.90. The van der Waals surface area contributed by atoms with Gasteiger partial charge in [0.05, 0.1) is 18.8 Å². The fourth-order valence-corrected chi connectivity index (χ4v) is 3.66. The minimum Gasteiger partial charge on any atom is -0.544 e. The molecule has 0 saturated heterocycles. The first-order valence-corrected chi connectivity index (χ1v) is 8.10. The summed E-state index contributed by atoms with van der Waals surface area (Å²) in [6.07, 6.45) is 0.403. The summed E-state index contributed by atoms with van der Waals surface area (Å²) < 4.78 is 5.09. The number of hydrogen-bond donors (Lipinski definition) is 3. The van der Waals surface area contributed by atoms with Crippen molar-refractivity contribution in [3.05, 3.63) is 59.3 Å². The van der Waals surface area contributed by atoms with Gasteiger partial charge >= 0.3 is 0 Å². The number of nitrogens with one attached hydrogen (secondary N) is 1. The number of para-hydroxylation sites is 1. The predicted molar refractivity (Wildman–Crippen MR) is 89.2 cm³/mol. The summed E-state index contributed by atoms with van der Waals surface area (Å²) in [7, 11) is 1.49. The number of carbonyl (C=O) groups is 1. The Bertz CT molecular complexity index is 963. The molecule has 3 aromatic rings. The number of methoxy groups -OCH3 is 1. The summed E-state index contributed by atoms with van der Waals surface area (Å²) >= 11 is 0. The van der Waals surface area contributed by atoms with Gasteiger partial charge in [0.25, 0.3) is 0 Å². The minimum absolute atomic E-state index is 0.0293. The van der Waals surface area contributed by atoms with Crippen LogP contribution in [0.3, 0.4) is 0 Å². The lowest BCUT2D eigenvalue weighted by molar-refractivity contribution is -0.717. The second-order valence-corrected chi connectivity index (χ2v) is 6.29. The number of carboxylic acid groups (broad SMARTS) is 1. The van der Waals surface area contributed by atoms with Gasteiger partial charge in [-0.15, -0.1) is 0 Å². The molecule has 6 nitrogen and oxygen atoms in total. The van der Waals surface area contributed by atoms with Gasteiger partial charge < -0.3 is 30.0 Å². The van der Waals surface area contributed by atoms with Gasteiger partial charge in [0.2, 0.25) is 0 Å². The van der Waals surface area contributed by atoms with Crippen molar-refractivity contribution >= 4 is 16.9 Å². The number of H-pyrrole nitrogens is 1. The van der Waals surface area contributed by atoms with Gasteiger partial charge in [-0.05, 0) is 29.8 Å². The molecule has 128 valence electrons. The maximum Gasteiger partial charge on any atom is 0.160 e. The van der Waals surface area contributed by atoms with Crippen molar-refractivity contribution < 1.29 is 25.1 Å². The molecule has 0 radical (unpaired) electrons. The van der Waals surface area contributed by atoms with Gasteiger partial charge in [0, 0.05) is 22.9 Å². The minimum atomic E-state index is -1.08. The van der Waals surface area contributed by atoms with E-state index in [4.69, 9.17) is 4.74 Å². The number of rotatable bonds is 3. The number of phenols is 1. The maximum absolute atomic E-state index is 11.5. The molecular formula is C19H18N2O4. The van der Waals surface area contributed by atoms with Crippen LogP contribution < -0.4 is 15.2 Å². The first kappa shape index (κ1) is 15.5. The lowest BCUT2D eigenvalue weighted by Gasteiger charge is -2.29. The number of benzene rings is 2. The molecule has 0 spiro atoms. The number of aromatic hydroxyl groups is 1. The van der Waals surface area contributed by atoms with E-state index in [0.29, 0.717) is 12.2 Å². The molecule has 2 atom stereocenters. The Morgan fingerprint density at radius 1 is 1.32 bits per heavy atom. The Morgan fingerprint density at radius 3 is 2.84 bits per heavy atom. The number of nitrogens with two attached hydrogens (primary N) is 1. The van der Waals surface area contributed by atoms with Gasteiger partial charge in [-0.25, -0.2) is 0 Å². The van der Waals surface area contributed by atoms with Crippen LogP contribution in [0, 0.1) is 0 Å². The zero-order valence-electron chi connectivity index (χ0n) is 13.7. The Balaban J connectivity index is 1.87. The molecule has 6 heteroatoms. The van der Waals surface area contributed by atoms with Crippen LogP contribution in [0.5, 0.6) is 11.5 Å². The summed E-state index contributed by atoms with van der Waals surface area (Å²) in [6.45, 7) is 0. The number of ether oxygens (including phenoxy) is 1. The molecule has 2 aromatic carbocycles. The first-order valence-electron chi connectivity index (χ1n) is 8.10. The summed E-state index contributed by atoms with van der Waals surface area (Å²) in [5, 5.41) is 24.5. The summed E-state index contributed by atoms with van der Waals surface area (Å²) in [5.41, 5.74) is 3.73. The van der Waals surface area contributed by atoms with Crippen LogP contribution in [0.25, 0.3) is 10.9 Å². The van der Waals surface area contributed by atoms with Crippen molar-refractivity contribution in [2.24, 2.45) is 0 Å². The van der Waals surface area contributed by atoms with Crippen molar-refractivity contribution in [3.8, 4) is 11.5 Å². The van der Waals surface area contributed by atoms with Crippen LogP contribution in [-0.2, 0) is 11.2 Å². The van der Waals surface area contributed by atoms with Crippen molar-refractivity contribution in [2.45, 2.75) is 18.5 Å². The van der Waals surface area contributed by atoms with E-state index in [1.807, 2.05) is 30.3 Å². The average molecular weight is 338 g/mol. The molecule has 0 unspecified atom stereocenters. The number of aromatic amines is 1. The predicted octanol–water partition coefficient (Wildman–Crippen LogP) is 0.210. The normalized spacial score (nSPS) is 19.6. The van der Waals surface area contributed by atoms with Crippen LogP contribution in [0.1, 0.15) is 22.9 Å². The highest BCUT2D eigenvalue weighted by molar-refractivity contribution is 5.86. The highest BCUT2D eigenvalue weighted by Gasteiger charge is 2.35. The monoisotopic (exact) mass is 338 g/mol. The SMILES string of the molecule is COc1ccc([C@@H]2[NH2+][C@@H](C(=O)[O-])Cc3c2[nH]c2ccccc32)cc1O. The van der Waals surface area contributed by atoms with Crippen molar-refractivity contribution in [1.82, 2.24) is 4.98 Å². The smallest absolute Gasteiger partial charge is 0.160 e.